The summed E-state index contributed by atoms with van der Waals surface area (Å²) < 4.78 is 4.58. The molecule has 1 N–H and O–H groups in total. The van der Waals surface area contributed by atoms with Gasteiger partial charge in [-0.2, -0.15) is 0 Å². The van der Waals surface area contributed by atoms with E-state index < -0.39 is 5.97 Å². The fourth-order valence-electron chi connectivity index (χ4n) is 2.68. The largest absolute Gasteiger partial charge is 0.464 e. The van der Waals surface area contributed by atoms with E-state index in [0.29, 0.717) is 22.6 Å². The van der Waals surface area contributed by atoms with Gasteiger partial charge in [0, 0.05) is 6.54 Å². The molecule has 5 nitrogen and oxygen atoms in total. The van der Waals surface area contributed by atoms with Gasteiger partial charge in [0.2, 0.25) is 0 Å². The fraction of sp³-hybridized carbons (Fsp3) is 0.643. The first-order valence-electron chi connectivity index (χ1n) is 6.45. The Balaban J connectivity index is 1.93. The molecule has 1 saturated carbocycles. The van der Waals surface area contributed by atoms with Crippen molar-refractivity contribution in [3.8, 4) is 0 Å². The highest BCUT2D eigenvalue weighted by molar-refractivity contribution is 5.86. The number of esters is 1. The monoisotopic (exact) mass is 263 g/mol. The summed E-state index contributed by atoms with van der Waals surface area (Å²) in [6, 6.07) is 0. The zero-order chi connectivity index (χ0) is 14.3. The highest BCUT2D eigenvalue weighted by Crippen LogP contribution is 2.68. The highest BCUT2D eigenvalue weighted by Gasteiger charge is 2.64. The zero-order valence-electron chi connectivity index (χ0n) is 12.2. The molecule has 1 aromatic rings. The van der Waals surface area contributed by atoms with Crippen molar-refractivity contribution < 1.29 is 9.53 Å². The second-order valence-electron chi connectivity index (χ2n) is 6.16. The van der Waals surface area contributed by atoms with E-state index >= 15 is 0 Å². The van der Waals surface area contributed by atoms with E-state index in [0.717, 1.165) is 6.54 Å². The summed E-state index contributed by atoms with van der Waals surface area (Å²) in [6.07, 6.45) is 2.99. The van der Waals surface area contributed by atoms with Crippen LogP contribution in [0.2, 0.25) is 0 Å². The summed E-state index contributed by atoms with van der Waals surface area (Å²) >= 11 is 0. The van der Waals surface area contributed by atoms with Crippen molar-refractivity contribution in [1.82, 2.24) is 9.97 Å². The SMILES string of the molecule is COC(=O)c1cnc(NCC2C(C)(C)C2(C)C)cn1. The van der Waals surface area contributed by atoms with Crippen LogP contribution in [-0.4, -0.2) is 29.6 Å². The minimum atomic E-state index is -0.469. The third kappa shape index (κ3) is 2.29. The molecular formula is C14H21N3O2. The smallest absolute Gasteiger partial charge is 0.358 e. The maximum absolute atomic E-state index is 11.2. The predicted molar refractivity (Wildman–Crippen MR) is 72.9 cm³/mol. The number of methoxy groups -OCH3 is 1. The van der Waals surface area contributed by atoms with E-state index in [1.165, 1.54) is 13.3 Å². The van der Waals surface area contributed by atoms with Gasteiger partial charge in [-0.25, -0.2) is 14.8 Å². The molecule has 0 aliphatic heterocycles. The lowest BCUT2D eigenvalue weighted by Crippen LogP contribution is -2.11. The summed E-state index contributed by atoms with van der Waals surface area (Å²) in [6.45, 7) is 10.00. The molecule has 1 aliphatic carbocycles. The molecule has 0 saturated heterocycles. The number of carbonyl (C=O) groups excluding carboxylic acids is 1. The summed E-state index contributed by atoms with van der Waals surface area (Å²) in [5, 5.41) is 3.28. The standard InChI is InChI=1S/C14H21N3O2/c1-13(2)10(14(13,3)4)7-17-11-8-15-9(6-16-11)12(18)19-5/h6,8,10H,7H2,1-5H3,(H,16,17). The van der Waals surface area contributed by atoms with Crippen LogP contribution in [0.1, 0.15) is 38.2 Å². The van der Waals surface area contributed by atoms with Gasteiger partial charge in [0.05, 0.1) is 19.5 Å². The van der Waals surface area contributed by atoms with Crippen molar-refractivity contribution >= 4 is 11.8 Å². The molecule has 0 atom stereocenters. The minimum Gasteiger partial charge on any atom is -0.464 e. The number of ether oxygens (including phenoxy) is 1. The molecular weight excluding hydrogens is 242 g/mol. The zero-order valence-corrected chi connectivity index (χ0v) is 12.2. The maximum Gasteiger partial charge on any atom is 0.358 e. The Morgan fingerprint density at radius 3 is 2.32 bits per heavy atom. The molecule has 0 radical (unpaired) electrons. The van der Waals surface area contributed by atoms with Gasteiger partial charge in [-0.05, 0) is 16.7 Å². The van der Waals surface area contributed by atoms with Gasteiger partial charge in [-0.1, -0.05) is 27.7 Å². The molecule has 19 heavy (non-hydrogen) atoms. The number of carbonyl (C=O) groups is 1. The van der Waals surface area contributed by atoms with Gasteiger partial charge in [0.1, 0.15) is 5.82 Å². The topological polar surface area (TPSA) is 64.1 Å². The Labute approximate surface area is 113 Å². The molecule has 0 amide bonds. The first kappa shape index (κ1) is 13.8. The molecule has 1 aromatic heterocycles. The molecule has 1 fully saturated rings. The molecule has 1 heterocycles. The van der Waals surface area contributed by atoms with Gasteiger partial charge in [-0.3, -0.25) is 0 Å². The van der Waals surface area contributed by atoms with E-state index in [9.17, 15) is 4.79 Å². The van der Waals surface area contributed by atoms with E-state index in [-0.39, 0.29) is 5.69 Å². The lowest BCUT2D eigenvalue weighted by atomic mass is 10.0. The third-order valence-corrected chi connectivity index (χ3v) is 4.85. The van der Waals surface area contributed by atoms with Gasteiger partial charge in [-0.15, -0.1) is 0 Å². The molecule has 2 rings (SSSR count). The molecule has 0 bridgehead atoms. The normalized spacial score (nSPS) is 19.8. The van der Waals surface area contributed by atoms with Crippen LogP contribution in [0, 0.1) is 16.7 Å². The van der Waals surface area contributed by atoms with E-state index in [1.54, 1.807) is 6.20 Å². The van der Waals surface area contributed by atoms with Gasteiger partial charge >= 0.3 is 5.97 Å². The summed E-state index contributed by atoms with van der Waals surface area (Å²) in [7, 11) is 1.33. The summed E-state index contributed by atoms with van der Waals surface area (Å²) in [5.74, 6) is 0.830. The van der Waals surface area contributed by atoms with Crippen molar-refractivity contribution in [3.05, 3.63) is 18.1 Å². The lowest BCUT2D eigenvalue weighted by molar-refractivity contribution is 0.0593. The molecule has 5 heteroatoms. The number of hydrogen-bond acceptors (Lipinski definition) is 5. The van der Waals surface area contributed by atoms with Crippen LogP contribution in [0.25, 0.3) is 0 Å². The van der Waals surface area contributed by atoms with Crippen LogP contribution >= 0.6 is 0 Å². The number of rotatable bonds is 4. The van der Waals surface area contributed by atoms with Gasteiger partial charge < -0.3 is 10.1 Å². The van der Waals surface area contributed by atoms with Crippen LogP contribution in [0.5, 0.6) is 0 Å². The van der Waals surface area contributed by atoms with Gasteiger partial charge in [0.15, 0.2) is 5.69 Å². The number of anilines is 1. The average molecular weight is 263 g/mol. The predicted octanol–water partition coefficient (Wildman–Crippen LogP) is 2.36. The molecule has 0 unspecified atom stereocenters. The number of hydrogen-bond donors (Lipinski definition) is 1. The number of nitrogens with one attached hydrogen (secondary N) is 1. The van der Waals surface area contributed by atoms with E-state index in [2.05, 4.69) is 47.7 Å². The van der Waals surface area contributed by atoms with Crippen LogP contribution < -0.4 is 5.32 Å². The Hall–Kier alpha value is -1.65. The minimum absolute atomic E-state index is 0.222. The Morgan fingerprint density at radius 1 is 1.26 bits per heavy atom. The molecule has 1 aliphatic rings. The van der Waals surface area contributed by atoms with Crippen molar-refractivity contribution in [2.75, 3.05) is 19.0 Å². The van der Waals surface area contributed by atoms with E-state index in [1.807, 2.05) is 0 Å². The third-order valence-electron chi connectivity index (χ3n) is 4.85. The van der Waals surface area contributed by atoms with Crippen LogP contribution in [-0.2, 0) is 4.74 Å². The second kappa shape index (κ2) is 4.47. The summed E-state index contributed by atoms with van der Waals surface area (Å²) in [5.41, 5.74) is 0.916. The first-order valence-corrected chi connectivity index (χ1v) is 6.45. The average Bonchev–Trinajstić information content (AvgIpc) is 2.77. The van der Waals surface area contributed by atoms with Crippen LogP contribution in [0.4, 0.5) is 5.82 Å². The highest BCUT2D eigenvalue weighted by atomic mass is 16.5. The Kier molecular flexibility index (Phi) is 3.24. The van der Waals surface area contributed by atoms with Crippen molar-refractivity contribution in [2.24, 2.45) is 16.7 Å². The fourth-order valence-corrected chi connectivity index (χ4v) is 2.68. The summed E-state index contributed by atoms with van der Waals surface area (Å²) in [4.78, 5) is 19.4. The lowest BCUT2D eigenvalue weighted by Gasteiger charge is -2.06. The van der Waals surface area contributed by atoms with Crippen LogP contribution in [0.3, 0.4) is 0 Å². The second-order valence-corrected chi connectivity index (χ2v) is 6.16. The van der Waals surface area contributed by atoms with Crippen molar-refractivity contribution in [1.29, 1.82) is 0 Å². The quantitative estimate of drug-likeness (QED) is 0.845. The maximum atomic E-state index is 11.2. The number of aromatic nitrogens is 2. The van der Waals surface area contributed by atoms with E-state index in [4.69, 9.17) is 0 Å². The Bertz CT molecular complexity index is 466. The molecule has 0 spiro atoms. The first-order chi connectivity index (χ1) is 8.80. The molecule has 0 aromatic carbocycles. The molecule has 104 valence electrons. The van der Waals surface area contributed by atoms with Crippen molar-refractivity contribution in [3.63, 3.8) is 0 Å². The van der Waals surface area contributed by atoms with Gasteiger partial charge in [0.25, 0.3) is 0 Å². The number of nitrogens with zero attached hydrogens (tertiary/aromatic N) is 2. The Morgan fingerprint density at radius 2 is 1.89 bits per heavy atom. The van der Waals surface area contributed by atoms with Crippen molar-refractivity contribution in [2.45, 2.75) is 27.7 Å². The van der Waals surface area contributed by atoms with Crippen LogP contribution in [0.15, 0.2) is 12.4 Å².